The minimum atomic E-state index is 0.379. The topological polar surface area (TPSA) is 90.7 Å². The number of nitrogens with zero attached hydrogens (tertiary/aromatic N) is 5. The summed E-state index contributed by atoms with van der Waals surface area (Å²) < 4.78 is 11.2. The first-order valence-corrected chi connectivity index (χ1v) is 8.60. The number of hydrogen-bond acceptors (Lipinski definition) is 8. The molecule has 0 unspecified atom stereocenters. The van der Waals surface area contributed by atoms with Gasteiger partial charge in [-0.15, -0.1) is 20.4 Å². The lowest BCUT2D eigenvalue weighted by Gasteiger charge is -1.96. The molecule has 7 nitrogen and oxygen atoms in total. The monoisotopic (exact) mass is 371 g/mol. The van der Waals surface area contributed by atoms with Crippen molar-refractivity contribution in [2.75, 3.05) is 0 Å². The van der Waals surface area contributed by atoms with E-state index in [1.165, 1.54) is 11.8 Å². The van der Waals surface area contributed by atoms with Gasteiger partial charge in [0.05, 0.1) is 16.3 Å². The molecule has 25 heavy (non-hydrogen) atoms. The molecule has 0 aliphatic heterocycles. The lowest BCUT2D eigenvalue weighted by molar-refractivity contribution is 0.464. The van der Waals surface area contributed by atoms with E-state index in [1.807, 2.05) is 18.2 Å². The van der Waals surface area contributed by atoms with Crippen LogP contribution in [0.1, 0.15) is 5.89 Å². The van der Waals surface area contributed by atoms with E-state index >= 15 is 0 Å². The molecule has 0 bridgehead atoms. The lowest BCUT2D eigenvalue weighted by Crippen LogP contribution is -1.80. The molecule has 3 heterocycles. The van der Waals surface area contributed by atoms with Crippen molar-refractivity contribution >= 4 is 23.4 Å². The van der Waals surface area contributed by atoms with Crippen molar-refractivity contribution in [3.63, 3.8) is 0 Å². The number of rotatable bonds is 5. The Morgan fingerprint density at radius 3 is 2.52 bits per heavy atom. The van der Waals surface area contributed by atoms with Crippen LogP contribution in [0.3, 0.4) is 0 Å². The second kappa shape index (κ2) is 7.04. The largest absolute Gasteiger partial charge is 0.420 e. The molecule has 0 N–H and O–H groups in total. The normalized spacial score (nSPS) is 10.9. The summed E-state index contributed by atoms with van der Waals surface area (Å²) in [5.41, 5.74) is 1.51. The number of aromatic nitrogens is 5. The smallest absolute Gasteiger partial charge is 0.277 e. The highest BCUT2D eigenvalue weighted by molar-refractivity contribution is 7.98. The van der Waals surface area contributed by atoms with Crippen LogP contribution in [0.5, 0.6) is 0 Å². The van der Waals surface area contributed by atoms with Crippen molar-refractivity contribution in [2.24, 2.45) is 0 Å². The Balaban J connectivity index is 1.44. The molecule has 9 heteroatoms. The second-order valence-electron chi connectivity index (χ2n) is 4.88. The van der Waals surface area contributed by atoms with Crippen molar-refractivity contribution in [1.82, 2.24) is 25.4 Å². The molecule has 0 saturated carbocycles. The first kappa shape index (κ1) is 15.8. The molecule has 0 amide bonds. The molecule has 0 spiro atoms. The van der Waals surface area contributed by atoms with Crippen LogP contribution in [0, 0.1) is 0 Å². The third-order valence-electron chi connectivity index (χ3n) is 3.22. The summed E-state index contributed by atoms with van der Waals surface area (Å²) in [6, 6.07) is 10.9. The van der Waals surface area contributed by atoms with Gasteiger partial charge >= 0.3 is 0 Å². The maximum Gasteiger partial charge on any atom is 0.277 e. The number of benzene rings is 1. The zero-order valence-corrected chi connectivity index (χ0v) is 14.2. The molecular formula is C16H10ClN5O2S. The Kier molecular flexibility index (Phi) is 4.45. The molecule has 0 atom stereocenters. The number of halogens is 1. The summed E-state index contributed by atoms with van der Waals surface area (Å²) in [5.74, 6) is 1.68. The van der Waals surface area contributed by atoms with Gasteiger partial charge in [0, 0.05) is 18.0 Å². The first-order valence-electron chi connectivity index (χ1n) is 7.23. The molecule has 0 aliphatic rings. The maximum atomic E-state index is 6.13. The summed E-state index contributed by atoms with van der Waals surface area (Å²) in [7, 11) is 0. The van der Waals surface area contributed by atoms with Gasteiger partial charge in [0.1, 0.15) is 0 Å². The van der Waals surface area contributed by atoms with E-state index in [0.29, 0.717) is 39.2 Å². The summed E-state index contributed by atoms with van der Waals surface area (Å²) in [6.45, 7) is 0. The Bertz CT molecular complexity index is 989. The molecule has 4 aromatic rings. The standard InChI is InChI=1S/C16H10ClN5O2S/c17-12-4-2-1-3-11(12)15-21-19-13(23-15)9-25-16-22-20-14(24-16)10-5-7-18-8-6-10/h1-8H,9H2. The van der Waals surface area contributed by atoms with Gasteiger partial charge in [0.15, 0.2) is 0 Å². The van der Waals surface area contributed by atoms with E-state index in [9.17, 15) is 0 Å². The predicted octanol–water partition coefficient (Wildman–Crippen LogP) is 4.13. The van der Waals surface area contributed by atoms with Gasteiger partial charge in [0.2, 0.25) is 17.7 Å². The summed E-state index contributed by atoms with van der Waals surface area (Å²) in [4.78, 5) is 3.96. The number of pyridine rings is 1. The highest BCUT2D eigenvalue weighted by Gasteiger charge is 2.14. The SMILES string of the molecule is Clc1ccccc1-c1nnc(CSc2nnc(-c3ccncc3)o2)o1. The first-order chi connectivity index (χ1) is 12.3. The molecule has 0 radical (unpaired) electrons. The van der Waals surface area contributed by atoms with Gasteiger partial charge in [-0.2, -0.15) is 0 Å². The van der Waals surface area contributed by atoms with Crippen LogP contribution in [0.4, 0.5) is 0 Å². The van der Waals surface area contributed by atoms with Crippen LogP contribution in [0.25, 0.3) is 22.9 Å². The van der Waals surface area contributed by atoms with Gasteiger partial charge in [-0.1, -0.05) is 35.5 Å². The zero-order valence-electron chi connectivity index (χ0n) is 12.7. The van der Waals surface area contributed by atoms with Gasteiger partial charge in [0.25, 0.3) is 5.22 Å². The van der Waals surface area contributed by atoms with E-state index in [2.05, 4.69) is 25.4 Å². The summed E-state index contributed by atoms with van der Waals surface area (Å²) in [5, 5.41) is 17.0. The molecule has 0 saturated heterocycles. The Morgan fingerprint density at radius 1 is 0.880 bits per heavy atom. The van der Waals surface area contributed by atoms with Crippen LogP contribution in [-0.2, 0) is 5.75 Å². The van der Waals surface area contributed by atoms with E-state index in [4.69, 9.17) is 20.4 Å². The maximum absolute atomic E-state index is 6.13. The van der Waals surface area contributed by atoms with Crippen molar-refractivity contribution in [3.05, 3.63) is 59.7 Å². The van der Waals surface area contributed by atoms with E-state index < -0.39 is 0 Å². The molecule has 0 fully saturated rings. The fraction of sp³-hybridized carbons (Fsp3) is 0.0625. The van der Waals surface area contributed by atoms with Crippen LogP contribution in [0.2, 0.25) is 5.02 Å². The number of thioether (sulfide) groups is 1. The third kappa shape index (κ3) is 3.54. The highest BCUT2D eigenvalue weighted by atomic mass is 35.5. The second-order valence-corrected chi connectivity index (χ2v) is 6.21. The van der Waals surface area contributed by atoms with Crippen molar-refractivity contribution < 1.29 is 8.83 Å². The Labute approximate surface area is 151 Å². The van der Waals surface area contributed by atoms with E-state index in [1.54, 1.807) is 30.6 Å². The van der Waals surface area contributed by atoms with Crippen molar-refractivity contribution in [1.29, 1.82) is 0 Å². The lowest BCUT2D eigenvalue weighted by atomic mass is 10.2. The quantitative estimate of drug-likeness (QED) is 0.483. The molecule has 124 valence electrons. The Morgan fingerprint density at radius 2 is 1.68 bits per heavy atom. The van der Waals surface area contributed by atoms with Crippen LogP contribution in [0.15, 0.2) is 62.8 Å². The molecule has 1 aromatic carbocycles. The minimum Gasteiger partial charge on any atom is -0.420 e. The van der Waals surface area contributed by atoms with Crippen LogP contribution in [-0.4, -0.2) is 25.4 Å². The molecule has 3 aromatic heterocycles. The van der Waals surface area contributed by atoms with Crippen molar-refractivity contribution in [3.8, 4) is 22.9 Å². The number of hydrogen-bond donors (Lipinski definition) is 0. The average molecular weight is 372 g/mol. The minimum absolute atomic E-state index is 0.379. The fourth-order valence-corrected chi connectivity index (χ4v) is 2.87. The van der Waals surface area contributed by atoms with Gasteiger partial charge in [-0.25, -0.2) is 0 Å². The van der Waals surface area contributed by atoms with E-state index in [0.717, 1.165) is 5.56 Å². The molecule has 4 rings (SSSR count). The van der Waals surface area contributed by atoms with Crippen molar-refractivity contribution in [2.45, 2.75) is 11.0 Å². The van der Waals surface area contributed by atoms with Gasteiger partial charge in [-0.05, 0) is 24.3 Å². The van der Waals surface area contributed by atoms with E-state index in [-0.39, 0.29) is 0 Å². The van der Waals surface area contributed by atoms with Crippen LogP contribution < -0.4 is 0 Å². The van der Waals surface area contributed by atoms with Gasteiger partial charge < -0.3 is 8.83 Å². The highest BCUT2D eigenvalue weighted by Crippen LogP contribution is 2.29. The summed E-state index contributed by atoms with van der Waals surface area (Å²) >= 11 is 7.45. The third-order valence-corrected chi connectivity index (χ3v) is 4.36. The molecule has 0 aliphatic carbocycles. The van der Waals surface area contributed by atoms with Gasteiger partial charge in [-0.3, -0.25) is 4.98 Å². The fourth-order valence-electron chi connectivity index (χ4n) is 2.06. The predicted molar refractivity (Wildman–Crippen MR) is 91.8 cm³/mol. The molecular weight excluding hydrogens is 362 g/mol. The Hall–Kier alpha value is -2.71. The summed E-state index contributed by atoms with van der Waals surface area (Å²) in [6.07, 6.45) is 3.34. The van der Waals surface area contributed by atoms with Crippen LogP contribution >= 0.6 is 23.4 Å². The zero-order chi connectivity index (χ0) is 17.1. The average Bonchev–Trinajstić information content (AvgIpc) is 3.31.